The quantitative estimate of drug-likeness (QED) is 0.617. The van der Waals surface area contributed by atoms with Crippen LogP contribution in [0.15, 0.2) is 18.3 Å². The van der Waals surface area contributed by atoms with Crippen molar-refractivity contribution < 1.29 is 9.53 Å². The Morgan fingerprint density at radius 1 is 1.47 bits per heavy atom. The summed E-state index contributed by atoms with van der Waals surface area (Å²) < 4.78 is 5.18. The normalized spacial score (nSPS) is 11.2. The van der Waals surface area contributed by atoms with E-state index in [9.17, 15) is 4.79 Å². The van der Waals surface area contributed by atoms with Gasteiger partial charge in [-0.1, -0.05) is 0 Å². The third-order valence-corrected chi connectivity index (χ3v) is 1.86. The number of carbonyl (C=O) groups is 1. The maximum atomic E-state index is 11.4. The summed E-state index contributed by atoms with van der Waals surface area (Å²) in [6.07, 6.45) is 1.99. The number of carbonyl (C=O) groups excluding carboxylic acids is 1. The maximum absolute atomic E-state index is 11.4. The van der Waals surface area contributed by atoms with Gasteiger partial charge in [-0.2, -0.15) is 10.2 Å². The van der Waals surface area contributed by atoms with Gasteiger partial charge in [0.25, 0.3) is 0 Å². The molecule has 0 aliphatic rings. The lowest BCUT2D eigenvalue weighted by atomic mass is 10.2. The van der Waals surface area contributed by atoms with E-state index < -0.39 is 5.60 Å². The smallest absolute Gasteiger partial charge is 0.307 e. The summed E-state index contributed by atoms with van der Waals surface area (Å²) in [5, 5.41) is 10.8. The van der Waals surface area contributed by atoms with Crippen molar-refractivity contribution in [1.29, 1.82) is 0 Å². The summed E-state index contributed by atoms with van der Waals surface area (Å²) in [4.78, 5) is 11.4. The molecule has 0 saturated carbocycles. The number of ether oxygens (including phenoxy) is 1. The zero-order valence-electron chi connectivity index (χ0n) is 10.6. The van der Waals surface area contributed by atoms with E-state index in [2.05, 4.69) is 15.5 Å². The van der Waals surface area contributed by atoms with Gasteiger partial charge < -0.3 is 10.1 Å². The Balaban J connectivity index is 2.14. The van der Waals surface area contributed by atoms with Gasteiger partial charge in [0.1, 0.15) is 5.60 Å². The minimum atomic E-state index is -0.415. The lowest BCUT2D eigenvalue weighted by molar-refractivity contribution is -0.154. The Hall–Kier alpha value is -1.49. The van der Waals surface area contributed by atoms with E-state index in [0.29, 0.717) is 19.5 Å². The van der Waals surface area contributed by atoms with Crippen molar-refractivity contribution in [2.24, 2.45) is 0 Å². The van der Waals surface area contributed by atoms with E-state index in [4.69, 9.17) is 4.74 Å². The van der Waals surface area contributed by atoms with Crippen LogP contribution in [0.5, 0.6) is 0 Å². The molecule has 0 fully saturated rings. The standard InChI is InChI=1S/C12H19N3O2/c1-12(2,3)17-11(16)6-8-13-9-10-5-4-7-14-15-10/h4-5,7,13H,6,8-9H2,1-3H3. The minimum Gasteiger partial charge on any atom is -0.460 e. The van der Waals surface area contributed by atoms with Gasteiger partial charge in [-0.25, -0.2) is 0 Å². The number of nitrogens with one attached hydrogen (secondary N) is 1. The topological polar surface area (TPSA) is 64.1 Å². The molecule has 1 rings (SSSR count). The maximum Gasteiger partial charge on any atom is 0.307 e. The van der Waals surface area contributed by atoms with Crippen LogP contribution in [0.2, 0.25) is 0 Å². The largest absolute Gasteiger partial charge is 0.460 e. The molecule has 0 aliphatic carbocycles. The molecule has 0 radical (unpaired) electrons. The second-order valence-corrected chi connectivity index (χ2v) is 4.73. The second-order valence-electron chi connectivity index (χ2n) is 4.73. The molecule has 17 heavy (non-hydrogen) atoms. The van der Waals surface area contributed by atoms with E-state index in [1.54, 1.807) is 6.20 Å². The summed E-state index contributed by atoms with van der Waals surface area (Å²) in [6, 6.07) is 3.71. The third-order valence-electron chi connectivity index (χ3n) is 1.86. The molecule has 0 unspecified atom stereocenters. The van der Waals surface area contributed by atoms with E-state index in [0.717, 1.165) is 5.69 Å². The first-order valence-corrected chi connectivity index (χ1v) is 5.66. The summed E-state index contributed by atoms with van der Waals surface area (Å²) in [5.41, 5.74) is 0.443. The first kappa shape index (κ1) is 13.6. The second kappa shape index (κ2) is 6.30. The average molecular weight is 237 g/mol. The molecule has 1 aromatic heterocycles. The SMILES string of the molecule is CC(C)(C)OC(=O)CCNCc1cccnn1. The summed E-state index contributed by atoms with van der Waals surface area (Å²) >= 11 is 0. The van der Waals surface area contributed by atoms with E-state index in [-0.39, 0.29) is 5.97 Å². The number of nitrogens with zero attached hydrogens (tertiary/aromatic N) is 2. The first-order valence-electron chi connectivity index (χ1n) is 5.66. The van der Waals surface area contributed by atoms with Crippen molar-refractivity contribution in [2.75, 3.05) is 6.54 Å². The Kier molecular flexibility index (Phi) is 5.03. The molecule has 0 amide bonds. The summed E-state index contributed by atoms with van der Waals surface area (Å²) in [5.74, 6) is -0.191. The number of rotatable bonds is 5. The van der Waals surface area contributed by atoms with E-state index in [1.165, 1.54) is 0 Å². The highest BCUT2D eigenvalue weighted by atomic mass is 16.6. The average Bonchev–Trinajstić information content (AvgIpc) is 2.23. The molecule has 1 heterocycles. The van der Waals surface area contributed by atoms with E-state index >= 15 is 0 Å². The molecule has 1 N–H and O–H groups in total. The van der Waals surface area contributed by atoms with Crippen LogP contribution >= 0.6 is 0 Å². The van der Waals surface area contributed by atoms with Crippen LogP contribution in [0, 0.1) is 0 Å². The molecular formula is C12H19N3O2. The van der Waals surface area contributed by atoms with Gasteiger partial charge in [0.15, 0.2) is 0 Å². The van der Waals surface area contributed by atoms with Crippen molar-refractivity contribution in [2.45, 2.75) is 39.3 Å². The zero-order valence-corrected chi connectivity index (χ0v) is 10.6. The van der Waals surface area contributed by atoms with Crippen molar-refractivity contribution in [1.82, 2.24) is 15.5 Å². The molecule has 0 spiro atoms. The van der Waals surface area contributed by atoms with Crippen LogP contribution in [0.25, 0.3) is 0 Å². The highest BCUT2D eigenvalue weighted by Gasteiger charge is 2.15. The van der Waals surface area contributed by atoms with Crippen molar-refractivity contribution in [3.8, 4) is 0 Å². The van der Waals surface area contributed by atoms with Gasteiger partial charge in [-0.05, 0) is 32.9 Å². The fraction of sp³-hybridized carbons (Fsp3) is 0.583. The lowest BCUT2D eigenvalue weighted by Crippen LogP contribution is -2.26. The van der Waals surface area contributed by atoms with E-state index in [1.807, 2.05) is 32.9 Å². The van der Waals surface area contributed by atoms with Crippen molar-refractivity contribution >= 4 is 5.97 Å². The van der Waals surface area contributed by atoms with Crippen LogP contribution < -0.4 is 5.32 Å². The van der Waals surface area contributed by atoms with Gasteiger partial charge in [-0.15, -0.1) is 0 Å². The summed E-state index contributed by atoms with van der Waals surface area (Å²) in [7, 11) is 0. The van der Waals surface area contributed by atoms with Gasteiger partial charge in [0.2, 0.25) is 0 Å². The van der Waals surface area contributed by atoms with Crippen LogP contribution in [-0.4, -0.2) is 28.3 Å². The van der Waals surface area contributed by atoms with Gasteiger partial charge >= 0.3 is 5.97 Å². The van der Waals surface area contributed by atoms with Gasteiger partial charge in [-0.3, -0.25) is 4.79 Å². The van der Waals surface area contributed by atoms with Crippen molar-refractivity contribution in [3.63, 3.8) is 0 Å². The zero-order chi connectivity index (χ0) is 12.7. The lowest BCUT2D eigenvalue weighted by Gasteiger charge is -2.19. The van der Waals surface area contributed by atoms with Crippen LogP contribution in [0.1, 0.15) is 32.9 Å². The predicted molar refractivity (Wildman–Crippen MR) is 64.2 cm³/mol. The number of aromatic nitrogens is 2. The predicted octanol–water partition coefficient (Wildman–Crippen LogP) is 1.30. The number of esters is 1. The monoisotopic (exact) mass is 237 g/mol. The van der Waals surface area contributed by atoms with Gasteiger partial charge in [0, 0.05) is 19.3 Å². The molecule has 5 nitrogen and oxygen atoms in total. The fourth-order valence-electron chi connectivity index (χ4n) is 1.23. The Bertz CT molecular complexity index is 347. The Labute approximate surface area is 102 Å². The fourth-order valence-corrected chi connectivity index (χ4v) is 1.23. The summed E-state index contributed by atoms with van der Waals surface area (Å²) in [6.45, 7) is 6.76. The van der Waals surface area contributed by atoms with Gasteiger partial charge in [0.05, 0.1) is 12.1 Å². The molecule has 0 atom stereocenters. The molecule has 0 bridgehead atoms. The highest BCUT2D eigenvalue weighted by molar-refractivity contribution is 5.70. The molecule has 0 saturated heterocycles. The Morgan fingerprint density at radius 3 is 2.82 bits per heavy atom. The molecular weight excluding hydrogens is 218 g/mol. The Morgan fingerprint density at radius 2 is 2.24 bits per heavy atom. The van der Waals surface area contributed by atoms with Crippen molar-refractivity contribution in [3.05, 3.63) is 24.0 Å². The third kappa shape index (κ3) is 6.63. The van der Waals surface area contributed by atoms with Crippen LogP contribution in [-0.2, 0) is 16.1 Å². The number of hydrogen-bond acceptors (Lipinski definition) is 5. The molecule has 0 aliphatic heterocycles. The minimum absolute atomic E-state index is 0.191. The van der Waals surface area contributed by atoms with Crippen LogP contribution in [0.4, 0.5) is 0 Å². The number of hydrogen-bond donors (Lipinski definition) is 1. The molecule has 5 heteroatoms. The highest BCUT2D eigenvalue weighted by Crippen LogP contribution is 2.07. The first-order chi connectivity index (χ1) is 7.97. The van der Waals surface area contributed by atoms with Crippen LogP contribution in [0.3, 0.4) is 0 Å². The molecule has 0 aromatic carbocycles. The molecule has 1 aromatic rings. The molecule has 94 valence electrons.